The summed E-state index contributed by atoms with van der Waals surface area (Å²) in [5.41, 5.74) is 0. The lowest BCUT2D eigenvalue weighted by atomic mass is 9.91. The third kappa shape index (κ3) is 4.64. The molecule has 6 nitrogen and oxygen atoms in total. The summed E-state index contributed by atoms with van der Waals surface area (Å²) >= 11 is 5.85. The number of halogens is 1. The first-order valence-electron chi connectivity index (χ1n) is 8.64. The molecule has 0 bridgehead atoms. The summed E-state index contributed by atoms with van der Waals surface area (Å²) in [6, 6.07) is 4.89. The van der Waals surface area contributed by atoms with Gasteiger partial charge in [-0.1, -0.05) is 18.5 Å². The number of piperidine rings is 1. The van der Waals surface area contributed by atoms with Crippen LogP contribution in [-0.4, -0.2) is 43.2 Å². The lowest BCUT2D eigenvalue weighted by molar-refractivity contribution is -0.148. The van der Waals surface area contributed by atoms with E-state index >= 15 is 0 Å². The minimum Gasteiger partial charge on any atom is -0.466 e. The normalized spacial score (nSPS) is 22.8. The molecule has 1 saturated heterocycles. The maximum atomic E-state index is 13.2. The zero-order chi connectivity index (χ0) is 19.5. The van der Waals surface area contributed by atoms with E-state index in [9.17, 15) is 18.0 Å². The summed E-state index contributed by atoms with van der Waals surface area (Å²) in [5.74, 6) is -0.885. The predicted octanol–water partition coefficient (Wildman–Crippen LogP) is 3.04. The van der Waals surface area contributed by atoms with Crippen molar-refractivity contribution in [3.63, 3.8) is 0 Å². The van der Waals surface area contributed by atoms with E-state index in [-0.39, 0.29) is 42.5 Å². The van der Waals surface area contributed by atoms with Gasteiger partial charge in [-0.25, -0.2) is 8.42 Å². The van der Waals surface area contributed by atoms with Gasteiger partial charge in [0.2, 0.25) is 10.0 Å². The van der Waals surface area contributed by atoms with Crippen LogP contribution in [0.1, 0.15) is 40.0 Å². The second-order valence-electron chi connectivity index (χ2n) is 6.63. The van der Waals surface area contributed by atoms with Crippen molar-refractivity contribution in [1.82, 2.24) is 4.31 Å². The van der Waals surface area contributed by atoms with E-state index in [2.05, 4.69) is 0 Å². The molecule has 0 saturated carbocycles. The fourth-order valence-corrected chi connectivity index (χ4v) is 5.30. The third-order valence-electron chi connectivity index (χ3n) is 4.48. The van der Waals surface area contributed by atoms with Crippen molar-refractivity contribution < 1.29 is 22.7 Å². The number of nitrogens with zero attached hydrogens (tertiary/aromatic N) is 1. The Hall–Kier alpha value is -1.44. The number of hydrogen-bond donors (Lipinski definition) is 0. The number of rotatable bonds is 6. The molecule has 0 spiro atoms. The van der Waals surface area contributed by atoms with Crippen LogP contribution >= 0.6 is 11.6 Å². The van der Waals surface area contributed by atoms with Gasteiger partial charge >= 0.3 is 5.97 Å². The fraction of sp³-hybridized carbons (Fsp3) is 0.556. The Balaban J connectivity index is 2.33. The van der Waals surface area contributed by atoms with Gasteiger partial charge in [0, 0.05) is 29.9 Å². The first-order chi connectivity index (χ1) is 12.2. The standard InChI is InChI=1S/C18H24ClNO5S/c1-4-25-18(22)12(2)9-15-11-16(21)10-13(3)20(15)26(23,24)17-7-5-14(19)6-8-17/h5-8,12-13,15H,4,9-11H2,1-3H3. The van der Waals surface area contributed by atoms with Gasteiger partial charge < -0.3 is 4.74 Å². The lowest BCUT2D eigenvalue weighted by Gasteiger charge is -2.39. The topological polar surface area (TPSA) is 80.8 Å². The van der Waals surface area contributed by atoms with Gasteiger partial charge in [0.25, 0.3) is 0 Å². The third-order valence-corrected chi connectivity index (χ3v) is 6.82. The summed E-state index contributed by atoms with van der Waals surface area (Å²) in [7, 11) is -3.81. The van der Waals surface area contributed by atoms with Crippen LogP contribution < -0.4 is 0 Å². The highest BCUT2D eigenvalue weighted by atomic mass is 35.5. The number of hydrogen-bond acceptors (Lipinski definition) is 5. The predicted molar refractivity (Wildman–Crippen MR) is 98.4 cm³/mol. The smallest absolute Gasteiger partial charge is 0.308 e. The maximum absolute atomic E-state index is 13.2. The molecular weight excluding hydrogens is 378 g/mol. The van der Waals surface area contributed by atoms with Crippen molar-refractivity contribution in [2.45, 2.75) is 57.0 Å². The lowest BCUT2D eigenvalue weighted by Crippen LogP contribution is -2.52. The van der Waals surface area contributed by atoms with Crippen molar-refractivity contribution in [3.8, 4) is 0 Å². The van der Waals surface area contributed by atoms with Gasteiger partial charge in [0.15, 0.2) is 0 Å². The number of carbonyl (C=O) groups excluding carboxylic acids is 2. The molecule has 3 atom stereocenters. The van der Waals surface area contributed by atoms with E-state index in [0.29, 0.717) is 5.02 Å². The van der Waals surface area contributed by atoms with Crippen LogP contribution in [-0.2, 0) is 24.3 Å². The largest absolute Gasteiger partial charge is 0.466 e. The SMILES string of the molecule is CCOC(=O)C(C)CC1CC(=O)CC(C)N1S(=O)(=O)c1ccc(Cl)cc1. The molecule has 1 fully saturated rings. The van der Waals surface area contributed by atoms with Crippen molar-refractivity contribution >= 4 is 33.4 Å². The summed E-state index contributed by atoms with van der Waals surface area (Å²) in [5, 5.41) is 0.443. The average molecular weight is 402 g/mol. The van der Waals surface area contributed by atoms with E-state index in [1.54, 1.807) is 20.8 Å². The maximum Gasteiger partial charge on any atom is 0.308 e. The summed E-state index contributed by atoms with van der Waals surface area (Å²) in [6.45, 7) is 5.38. The molecule has 1 aromatic carbocycles. The Morgan fingerprint density at radius 3 is 2.50 bits per heavy atom. The van der Waals surface area contributed by atoms with Gasteiger partial charge in [-0.2, -0.15) is 4.31 Å². The van der Waals surface area contributed by atoms with Crippen LogP contribution in [0.15, 0.2) is 29.2 Å². The van der Waals surface area contributed by atoms with E-state index in [0.717, 1.165) is 0 Å². The quantitative estimate of drug-likeness (QED) is 0.684. The second-order valence-corrected chi connectivity index (χ2v) is 8.91. The van der Waals surface area contributed by atoms with E-state index in [4.69, 9.17) is 16.3 Å². The number of esters is 1. The Morgan fingerprint density at radius 1 is 1.31 bits per heavy atom. The molecule has 3 unspecified atom stereocenters. The molecule has 2 rings (SSSR count). The van der Waals surface area contributed by atoms with Crippen LogP contribution in [0, 0.1) is 5.92 Å². The first kappa shape index (κ1) is 20.9. The van der Waals surface area contributed by atoms with Gasteiger partial charge in [-0.05, 0) is 44.5 Å². The molecule has 0 radical (unpaired) electrons. The number of Topliss-reactive ketones (excluding diaryl/α,β-unsaturated/α-hetero) is 1. The van der Waals surface area contributed by atoms with Crippen molar-refractivity contribution in [2.24, 2.45) is 5.92 Å². The van der Waals surface area contributed by atoms with E-state index in [1.165, 1.54) is 28.6 Å². The summed E-state index contributed by atoms with van der Waals surface area (Å²) in [6.07, 6.45) is 0.500. The Morgan fingerprint density at radius 2 is 1.92 bits per heavy atom. The minimum absolute atomic E-state index is 0.00103. The number of sulfonamides is 1. The van der Waals surface area contributed by atoms with Crippen LogP contribution in [0.25, 0.3) is 0 Å². The number of ether oxygens (including phenoxy) is 1. The van der Waals surface area contributed by atoms with Crippen LogP contribution in [0.5, 0.6) is 0 Å². The monoisotopic (exact) mass is 401 g/mol. The molecule has 1 aliphatic rings. The van der Waals surface area contributed by atoms with Crippen LogP contribution in [0.2, 0.25) is 5.02 Å². The molecule has 0 aromatic heterocycles. The molecular formula is C18H24ClNO5S. The Bertz CT molecular complexity index is 762. The first-order valence-corrected chi connectivity index (χ1v) is 10.5. The highest BCUT2D eigenvalue weighted by molar-refractivity contribution is 7.89. The Kier molecular flexibility index (Phi) is 6.82. The van der Waals surface area contributed by atoms with Crippen molar-refractivity contribution in [1.29, 1.82) is 0 Å². The van der Waals surface area contributed by atoms with Gasteiger partial charge in [0.05, 0.1) is 17.4 Å². The second kappa shape index (κ2) is 8.50. The number of benzene rings is 1. The molecule has 1 aliphatic heterocycles. The zero-order valence-corrected chi connectivity index (χ0v) is 16.7. The van der Waals surface area contributed by atoms with E-state index < -0.39 is 28.0 Å². The highest BCUT2D eigenvalue weighted by Gasteiger charge is 2.41. The molecule has 0 N–H and O–H groups in total. The van der Waals surface area contributed by atoms with E-state index in [1.807, 2.05) is 0 Å². The zero-order valence-electron chi connectivity index (χ0n) is 15.1. The average Bonchev–Trinajstić information content (AvgIpc) is 2.54. The van der Waals surface area contributed by atoms with Crippen molar-refractivity contribution in [3.05, 3.63) is 29.3 Å². The molecule has 0 aliphatic carbocycles. The fourth-order valence-electron chi connectivity index (χ4n) is 3.35. The summed E-state index contributed by atoms with van der Waals surface area (Å²) in [4.78, 5) is 24.1. The van der Waals surface area contributed by atoms with Gasteiger partial charge in [-0.3, -0.25) is 9.59 Å². The molecule has 8 heteroatoms. The Labute approximate surface area is 159 Å². The molecule has 144 valence electrons. The van der Waals surface area contributed by atoms with Crippen molar-refractivity contribution in [2.75, 3.05) is 6.61 Å². The molecule has 0 amide bonds. The molecule has 1 aromatic rings. The minimum atomic E-state index is -3.81. The van der Waals surface area contributed by atoms with Crippen LogP contribution in [0.3, 0.4) is 0 Å². The molecule has 26 heavy (non-hydrogen) atoms. The van der Waals surface area contributed by atoms with Crippen LogP contribution in [0.4, 0.5) is 0 Å². The summed E-state index contributed by atoms with van der Waals surface area (Å²) < 4.78 is 32.7. The number of ketones is 1. The van der Waals surface area contributed by atoms with Gasteiger partial charge in [0.1, 0.15) is 5.78 Å². The molecule has 1 heterocycles. The number of carbonyl (C=O) groups is 2. The highest BCUT2D eigenvalue weighted by Crippen LogP contribution is 2.32. The van der Waals surface area contributed by atoms with Gasteiger partial charge in [-0.15, -0.1) is 0 Å².